The highest BCUT2D eigenvalue weighted by atomic mass is 19.1. The van der Waals surface area contributed by atoms with E-state index in [4.69, 9.17) is 0 Å². The number of benzene rings is 1. The van der Waals surface area contributed by atoms with Crippen molar-refractivity contribution in [2.24, 2.45) is 0 Å². The first-order chi connectivity index (χ1) is 15.4. The van der Waals surface area contributed by atoms with Crippen LogP contribution in [-0.4, -0.2) is 27.4 Å². The van der Waals surface area contributed by atoms with Gasteiger partial charge >= 0.3 is 0 Å². The molecule has 0 aliphatic rings. The van der Waals surface area contributed by atoms with Crippen LogP contribution in [-0.2, 0) is 4.79 Å². The number of allylic oxidation sites excluding steroid dienone is 1. The number of hydrogen-bond donors (Lipinski definition) is 1. The van der Waals surface area contributed by atoms with E-state index in [1.165, 1.54) is 19.3 Å². The van der Waals surface area contributed by atoms with Crippen molar-refractivity contribution in [3.8, 4) is 0 Å². The van der Waals surface area contributed by atoms with Crippen molar-refractivity contribution in [3.05, 3.63) is 66.5 Å². The molecule has 0 unspecified atom stereocenters. The van der Waals surface area contributed by atoms with Crippen LogP contribution in [0.15, 0.2) is 49.3 Å². The molecular weight excluding hydrogens is 412 g/mol. The predicted octanol–water partition coefficient (Wildman–Crippen LogP) is 5.82. The van der Waals surface area contributed by atoms with Gasteiger partial charge in [0, 0.05) is 19.0 Å². The van der Waals surface area contributed by atoms with Gasteiger partial charge in [0.2, 0.25) is 5.91 Å². The summed E-state index contributed by atoms with van der Waals surface area (Å²) in [6, 6.07) is 6.67. The number of pyridine rings is 1. The Bertz CT molecular complexity index is 1070. The zero-order chi connectivity index (χ0) is 23.7. The van der Waals surface area contributed by atoms with Crippen molar-refractivity contribution in [3.63, 3.8) is 0 Å². The summed E-state index contributed by atoms with van der Waals surface area (Å²) < 4.78 is 28.3. The van der Waals surface area contributed by atoms with Crippen LogP contribution >= 0.6 is 0 Å². The molecule has 1 N–H and O–H groups in total. The van der Waals surface area contributed by atoms with Crippen molar-refractivity contribution in [1.82, 2.24) is 15.0 Å². The molecule has 170 valence electrons. The van der Waals surface area contributed by atoms with E-state index in [1.807, 2.05) is 25.7 Å². The van der Waals surface area contributed by atoms with Gasteiger partial charge in [-0.2, -0.15) is 0 Å². The maximum Gasteiger partial charge on any atom is 0.222 e. The van der Waals surface area contributed by atoms with E-state index in [0.717, 1.165) is 18.6 Å². The van der Waals surface area contributed by atoms with E-state index >= 15 is 0 Å². The first kappa shape index (κ1) is 24.8. The third-order valence-electron chi connectivity index (χ3n) is 4.60. The van der Waals surface area contributed by atoms with Gasteiger partial charge in [0.05, 0.1) is 11.6 Å². The van der Waals surface area contributed by atoms with Gasteiger partial charge in [0.25, 0.3) is 0 Å². The van der Waals surface area contributed by atoms with Crippen molar-refractivity contribution in [1.29, 1.82) is 0 Å². The lowest BCUT2D eigenvalue weighted by molar-refractivity contribution is -0.114. The minimum atomic E-state index is -0.482. The second-order valence-electron chi connectivity index (χ2n) is 7.13. The fourth-order valence-corrected chi connectivity index (χ4v) is 3.40. The van der Waals surface area contributed by atoms with Crippen molar-refractivity contribution < 1.29 is 13.6 Å². The van der Waals surface area contributed by atoms with E-state index in [0.29, 0.717) is 35.6 Å². The molecule has 0 bridgehead atoms. The first-order valence-electron chi connectivity index (χ1n) is 10.5. The normalized spacial score (nSPS) is 11.3. The molecule has 32 heavy (non-hydrogen) atoms. The molecule has 0 aliphatic heterocycles. The lowest BCUT2D eigenvalue weighted by Crippen LogP contribution is -2.30. The second kappa shape index (κ2) is 11.8. The van der Waals surface area contributed by atoms with E-state index in [1.54, 1.807) is 18.2 Å². The number of aromatic nitrogens is 3. The Hall–Kier alpha value is -3.42. The lowest BCUT2D eigenvalue weighted by Gasteiger charge is -2.33. The number of amides is 1. The van der Waals surface area contributed by atoms with Crippen LogP contribution in [0.5, 0.6) is 0 Å². The van der Waals surface area contributed by atoms with Gasteiger partial charge in [-0.05, 0) is 50.1 Å². The predicted molar refractivity (Wildman–Crippen MR) is 125 cm³/mol. The van der Waals surface area contributed by atoms with E-state index in [9.17, 15) is 13.6 Å². The average molecular weight is 442 g/mol. The Morgan fingerprint density at radius 1 is 1.22 bits per heavy atom. The summed E-state index contributed by atoms with van der Waals surface area (Å²) in [6.45, 7) is 11.2. The number of fused-ring (bicyclic) bond motifs is 1. The summed E-state index contributed by atoms with van der Waals surface area (Å²) in [5.74, 6) is -0.315. The van der Waals surface area contributed by atoms with E-state index in [-0.39, 0.29) is 11.5 Å². The van der Waals surface area contributed by atoms with E-state index < -0.39 is 17.7 Å². The van der Waals surface area contributed by atoms with Crippen molar-refractivity contribution in [2.45, 2.75) is 46.6 Å². The molecule has 0 saturated carbocycles. The van der Waals surface area contributed by atoms with Gasteiger partial charge in [-0.3, -0.25) is 4.79 Å². The summed E-state index contributed by atoms with van der Waals surface area (Å²) in [7, 11) is 0. The second-order valence-corrected chi connectivity index (χ2v) is 7.13. The minimum Gasteiger partial charge on any atom is -0.349 e. The number of carbonyl (C=O) groups is 1. The minimum absolute atomic E-state index is 0.268. The molecule has 1 aromatic carbocycles. The van der Waals surface area contributed by atoms with Gasteiger partial charge in [-0.25, -0.2) is 23.7 Å². The third-order valence-corrected chi connectivity index (χ3v) is 4.60. The van der Waals surface area contributed by atoms with Crippen molar-refractivity contribution in [2.75, 3.05) is 16.8 Å². The molecule has 8 heteroatoms. The fourth-order valence-electron chi connectivity index (χ4n) is 3.40. The maximum absolute atomic E-state index is 14.5. The molecular formula is C24H29F2N5O. The molecule has 3 aromatic rings. The summed E-state index contributed by atoms with van der Waals surface area (Å²) in [5, 5.41) is 2.66. The number of carbonyl (C=O) groups excluding carboxylic acids is 1. The van der Waals surface area contributed by atoms with Crippen LogP contribution in [0.4, 0.5) is 20.4 Å². The Morgan fingerprint density at radius 3 is 2.56 bits per heavy atom. The SMILES string of the molecule is C=CC.CCCN(c1ccc2ncnc(NC(C)=O)c2n1)[C@H](CC)c1cc(F)ccc1F. The number of nitrogens with zero attached hydrogens (tertiary/aromatic N) is 4. The smallest absolute Gasteiger partial charge is 0.222 e. The molecule has 2 aromatic heterocycles. The monoisotopic (exact) mass is 441 g/mol. The summed E-state index contributed by atoms with van der Waals surface area (Å²) >= 11 is 0. The Labute approximate surface area is 187 Å². The zero-order valence-corrected chi connectivity index (χ0v) is 18.9. The number of anilines is 2. The number of nitrogens with one attached hydrogen (secondary N) is 1. The zero-order valence-electron chi connectivity index (χ0n) is 18.9. The third kappa shape index (κ3) is 6.06. The number of halogens is 2. The van der Waals surface area contributed by atoms with Crippen molar-refractivity contribution >= 4 is 28.6 Å². The number of hydrogen-bond acceptors (Lipinski definition) is 5. The van der Waals surface area contributed by atoms with Crippen LogP contribution in [0.3, 0.4) is 0 Å². The Kier molecular flexibility index (Phi) is 9.19. The molecule has 3 rings (SSSR count). The molecule has 6 nitrogen and oxygen atoms in total. The van der Waals surface area contributed by atoms with E-state index in [2.05, 4.69) is 26.8 Å². The molecule has 0 radical (unpaired) electrons. The fraction of sp³-hybridized carbons (Fsp3) is 0.333. The largest absolute Gasteiger partial charge is 0.349 e. The first-order valence-corrected chi connectivity index (χ1v) is 10.5. The highest BCUT2D eigenvalue weighted by Crippen LogP contribution is 2.32. The van der Waals surface area contributed by atoms with Gasteiger partial charge < -0.3 is 10.2 Å². The Balaban J connectivity index is 0.00000114. The molecule has 0 aliphatic carbocycles. The van der Waals surface area contributed by atoms with Gasteiger partial charge in [0.15, 0.2) is 5.82 Å². The molecule has 1 amide bonds. The molecule has 0 spiro atoms. The average Bonchev–Trinajstić information content (AvgIpc) is 2.76. The topological polar surface area (TPSA) is 71.0 Å². The molecule has 2 heterocycles. The molecule has 1 atom stereocenters. The van der Waals surface area contributed by atoms with Gasteiger partial charge in [0.1, 0.15) is 29.3 Å². The molecule has 0 fully saturated rings. The van der Waals surface area contributed by atoms with Crippen LogP contribution in [0.2, 0.25) is 0 Å². The quantitative estimate of drug-likeness (QED) is 0.468. The van der Waals surface area contributed by atoms with Crippen LogP contribution in [0.1, 0.15) is 52.1 Å². The maximum atomic E-state index is 14.5. The Morgan fingerprint density at radius 2 is 1.94 bits per heavy atom. The summed E-state index contributed by atoms with van der Waals surface area (Å²) in [4.78, 5) is 26.4. The lowest BCUT2D eigenvalue weighted by atomic mass is 10.0. The summed E-state index contributed by atoms with van der Waals surface area (Å²) in [6.07, 6.45) is 4.46. The van der Waals surface area contributed by atoms with Crippen LogP contribution in [0, 0.1) is 11.6 Å². The van der Waals surface area contributed by atoms with Crippen LogP contribution in [0.25, 0.3) is 11.0 Å². The molecule has 0 saturated heterocycles. The van der Waals surface area contributed by atoms with Crippen LogP contribution < -0.4 is 10.2 Å². The highest BCUT2D eigenvalue weighted by Gasteiger charge is 2.24. The van der Waals surface area contributed by atoms with Gasteiger partial charge in [-0.1, -0.05) is 19.9 Å². The van der Waals surface area contributed by atoms with Gasteiger partial charge in [-0.15, -0.1) is 6.58 Å². The summed E-state index contributed by atoms with van der Waals surface area (Å²) in [5.41, 5.74) is 1.30. The highest BCUT2D eigenvalue weighted by molar-refractivity contribution is 5.96. The number of rotatable bonds is 7. The standard InChI is InChI=1S/C21H23F2N5O.C3H6/c1-4-10-28(18(5-2)15-11-14(22)6-7-16(15)23)19-9-8-17-20(27-19)21(25-12-24-17)26-13(3)29;1-3-2/h6-9,11-12,18H,4-5,10H2,1-3H3,(H,24,25,26,29);3H,1H2,2H3/t18-;/m1./s1.